The molecule has 9 heteroatoms. The van der Waals surface area contributed by atoms with Crippen LogP contribution in [-0.4, -0.2) is 97.2 Å². The van der Waals surface area contributed by atoms with Gasteiger partial charge < -0.3 is 24.8 Å². The Kier molecular flexibility index (Phi) is 6.01. The SMILES string of the molecule is O=C([C@@H]1CNC[C@@H](C(=O)N2CCN(c3ncccn3)CC2)C1)N1CCOCC1. The summed E-state index contributed by atoms with van der Waals surface area (Å²) in [5.74, 6) is 0.758. The zero-order valence-electron chi connectivity index (χ0n) is 16.1. The van der Waals surface area contributed by atoms with Crippen LogP contribution in [0.3, 0.4) is 0 Å². The van der Waals surface area contributed by atoms with Crippen molar-refractivity contribution in [2.45, 2.75) is 6.42 Å². The molecule has 0 radical (unpaired) electrons. The van der Waals surface area contributed by atoms with Crippen molar-refractivity contribution in [3.05, 3.63) is 18.5 Å². The molecule has 3 saturated heterocycles. The van der Waals surface area contributed by atoms with Crippen LogP contribution in [0.2, 0.25) is 0 Å². The molecule has 0 saturated carbocycles. The maximum atomic E-state index is 13.0. The van der Waals surface area contributed by atoms with Gasteiger partial charge in [-0.15, -0.1) is 0 Å². The molecule has 3 fully saturated rings. The lowest BCUT2D eigenvalue weighted by molar-refractivity contribution is -0.143. The molecule has 0 aliphatic carbocycles. The molecule has 0 aromatic carbocycles. The highest BCUT2D eigenvalue weighted by Gasteiger charge is 2.36. The number of nitrogens with zero attached hydrogens (tertiary/aromatic N) is 5. The van der Waals surface area contributed by atoms with Gasteiger partial charge in [0.15, 0.2) is 0 Å². The third-order valence-electron chi connectivity index (χ3n) is 5.80. The van der Waals surface area contributed by atoms with Crippen LogP contribution < -0.4 is 10.2 Å². The molecule has 1 aromatic rings. The monoisotopic (exact) mass is 388 g/mol. The first kappa shape index (κ1) is 19.1. The van der Waals surface area contributed by atoms with Crippen molar-refractivity contribution in [2.75, 3.05) is 70.5 Å². The van der Waals surface area contributed by atoms with Crippen molar-refractivity contribution in [1.29, 1.82) is 0 Å². The molecule has 152 valence electrons. The lowest BCUT2D eigenvalue weighted by Gasteiger charge is -2.39. The number of anilines is 1. The van der Waals surface area contributed by atoms with Crippen LogP contribution in [0.15, 0.2) is 18.5 Å². The molecule has 3 aliphatic rings. The summed E-state index contributed by atoms with van der Waals surface area (Å²) in [6.07, 6.45) is 4.10. The fraction of sp³-hybridized carbons (Fsp3) is 0.684. The van der Waals surface area contributed by atoms with E-state index in [9.17, 15) is 9.59 Å². The van der Waals surface area contributed by atoms with Crippen LogP contribution in [0.25, 0.3) is 0 Å². The van der Waals surface area contributed by atoms with Gasteiger partial charge in [0.1, 0.15) is 0 Å². The molecule has 0 bridgehead atoms. The summed E-state index contributed by atoms with van der Waals surface area (Å²) in [6, 6.07) is 1.80. The van der Waals surface area contributed by atoms with Gasteiger partial charge in [0, 0.05) is 64.8 Å². The normalized spacial score (nSPS) is 26.2. The van der Waals surface area contributed by atoms with Gasteiger partial charge in [0.2, 0.25) is 17.8 Å². The summed E-state index contributed by atoms with van der Waals surface area (Å²) < 4.78 is 5.33. The number of aromatic nitrogens is 2. The Hall–Kier alpha value is -2.26. The number of nitrogens with one attached hydrogen (secondary N) is 1. The number of piperidine rings is 1. The Labute approximate surface area is 165 Å². The molecule has 28 heavy (non-hydrogen) atoms. The van der Waals surface area contributed by atoms with Gasteiger partial charge in [-0.1, -0.05) is 0 Å². The van der Waals surface area contributed by atoms with Crippen molar-refractivity contribution >= 4 is 17.8 Å². The van der Waals surface area contributed by atoms with Crippen molar-refractivity contribution < 1.29 is 14.3 Å². The van der Waals surface area contributed by atoms with Gasteiger partial charge in [-0.2, -0.15) is 0 Å². The Bertz CT molecular complexity index is 674. The van der Waals surface area contributed by atoms with Crippen molar-refractivity contribution in [2.24, 2.45) is 11.8 Å². The standard InChI is InChI=1S/C19H28N6O3/c26-17(23-4-6-25(7-5-23)19-21-2-1-3-22-19)15-12-16(14-20-13-15)18(27)24-8-10-28-11-9-24/h1-3,15-16,20H,4-14H2/t15-,16-/m0/s1. The zero-order chi connectivity index (χ0) is 19.3. The second kappa shape index (κ2) is 8.83. The van der Waals surface area contributed by atoms with Crippen molar-refractivity contribution in [3.8, 4) is 0 Å². The summed E-state index contributed by atoms with van der Waals surface area (Å²) >= 11 is 0. The minimum atomic E-state index is -0.136. The summed E-state index contributed by atoms with van der Waals surface area (Å²) in [6.45, 7) is 6.58. The summed E-state index contributed by atoms with van der Waals surface area (Å²) in [7, 11) is 0. The van der Waals surface area contributed by atoms with Crippen molar-refractivity contribution in [1.82, 2.24) is 25.1 Å². The Balaban J connectivity index is 1.30. The van der Waals surface area contributed by atoms with E-state index in [1.54, 1.807) is 18.5 Å². The van der Waals surface area contributed by atoms with E-state index in [1.165, 1.54) is 0 Å². The number of carbonyl (C=O) groups is 2. The van der Waals surface area contributed by atoms with Gasteiger partial charge in [-0.3, -0.25) is 9.59 Å². The van der Waals surface area contributed by atoms with Crippen LogP contribution in [0.1, 0.15) is 6.42 Å². The molecular formula is C19H28N6O3. The highest BCUT2D eigenvalue weighted by Crippen LogP contribution is 2.22. The van der Waals surface area contributed by atoms with Gasteiger partial charge in [-0.05, 0) is 12.5 Å². The topological polar surface area (TPSA) is 90.9 Å². The van der Waals surface area contributed by atoms with E-state index in [1.807, 2.05) is 9.80 Å². The first-order valence-electron chi connectivity index (χ1n) is 10.1. The Morgan fingerprint density at radius 2 is 1.46 bits per heavy atom. The molecule has 1 aromatic heterocycles. The second-order valence-corrected chi connectivity index (χ2v) is 7.59. The average molecular weight is 388 g/mol. The highest BCUT2D eigenvalue weighted by molar-refractivity contribution is 5.83. The Morgan fingerprint density at radius 1 is 0.893 bits per heavy atom. The van der Waals surface area contributed by atoms with Gasteiger partial charge in [0.05, 0.1) is 25.0 Å². The van der Waals surface area contributed by atoms with Crippen LogP contribution >= 0.6 is 0 Å². The predicted molar refractivity (Wildman–Crippen MR) is 103 cm³/mol. The number of amides is 2. The maximum absolute atomic E-state index is 13.0. The third kappa shape index (κ3) is 4.25. The van der Waals surface area contributed by atoms with Crippen LogP contribution in [-0.2, 0) is 14.3 Å². The number of piperazine rings is 1. The molecule has 0 spiro atoms. The quantitative estimate of drug-likeness (QED) is 0.726. The number of rotatable bonds is 3. The number of hydrogen-bond donors (Lipinski definition) is 1. The van der Waals surface area contributed by atoms with E-state index < -0.39 is 0 Å². The number of morpholine rings is 1. The first-order valence-corrected chi connectivity index (χ1v) is 10.1. The van der Waals surface area contributed by atoms with Gasteiger partial charge in [0.25, 0.3) is 0 Å². The average Bonchev–Trinajstić information content (AvgIpc) is 2.79. The van der Waals surface area contributed by atoms with Crippen LogP contribution in [0, 0.1) is 11.8 Å². The molecule has 2 atom stereocenters. The minimum Gasteiger partial charge on any atom is -0.378 e. The lowest BCUT2D eigenvalue weighted by Crippen LogP contribution is -2.55. The zero-order valence-corrected chi connectivity index (χ0v) is 16.1. The largest absolute Gasteiger partial charge is 0.378 e. The molecule has 9 nitrogen and oxygen atoms in total. The van der Waals surface area contributed by atoms with Crippen molar-refractivity contribution in [3.63, 3.8) is 0 Å². The third-order valence-corrected chi connectivity index (χ3v) is 5.80. The van der Waals surface area contributed by atoms with E-state index in [-0.39, 0.29) is 23.7 Å². The summed E-state index contributed by atoms with van der Waals surface area (Å²) in [5.41, 5.74) is 0. The van der Waals surface area contributed by atoms with E-state index in [0.29, 0.717) is 64.9 Å². The van der Waals surface area contributed by atoms with E-state index in [0.717, 1.165) is 13.1 Å². The molecule has 3 aliphatic heterocycles. The second-order valence-electron chi connectivity index (χ2n) is 7.59. The summed E-state index contributed by atoms with van der Waals surface area (Å²) in [5, 5.41) is 3.30. The first-order chi connectivity index (χ1) is 13.7. The lowest BCUT2D eigenvalue weighted by atomic mass is 9.88. The van der Waals surface area contributed by atoms with Crippen LogP contribution in [0.4, 0.5) is 5.95 Å². The van der Waals surface area contributed by atoms with E-state index in [2.05, 4.69) is 20.2 Å². The Morgan fingerprint density at radius 3 is 2.07 bits per heavy atom. The number of hydrogen-bond acceptors (Lipinski definition) is 7. The molecule has 1 N–H and O–H groups in total. The summed E-state index contributed by atoms with van der Waals surface area (Å²) in [4.78, 5) is 40.3. The fourth-order valence-electron chi connectivity index (χ4n) is 4.20. The fourth-order valence-corrected chi connectivity index (χ4v) is 4.20. The minimum absolute atomic E-state index is 0.125. The highest BCUT2D eigenvalue weighted by atomic mass is 16.5. The van der Waals surface area contributed by atoms with E-state index in [4.69, 9.17) is 4.74 Å². The molecule has 4 heterocycles. The molecule has 2 amide bonds. The number of ether oxygens (including phenoxy) is 1. The molecule has 4 rings (SSSR count). The van der Waals surface area contributed by atoms with Gasteiger partial charge in [-0.25, -0.2) is 9.97 Å². The molecule has 0 unspecified atom stereocenters. The number of carbonyl (C=O) groups excluding carboxylic acids is 2. The smallest absolute Gasteiger partial charge is 0.227 e. The van der Waals surface area contributed by atoms with Crippen LogP contribution in [0.5, 0.6) is 0 Å². The molecular weight excluding hydrogens is 360 g/mol. The maximum Gasteiger partial charge on any atom is 0.227 e. The van der Waals surface area contributed by atoms with E-state index >= 15 is 0 Å². The van der Waals surface area contributed by atoms with Gasteiger partial charge >= 0.3 is 0 Å². The predicted octanol–water partition coefficient (Wildman–Crippen LogP) is -0.790.